The average molecular weight is 432 g/mol. The van der Waals surface area contributed by atoms with Gasteiger partial charge in [-0.05, 0) is 55.5 Å². The highest BCUT2D eigenvalue weighted by Crippen LogP contribution is 2.29. The van der Waals surface area contributed by atoms with Crippen molar-refractivity contribution >= 4 is 29.2 Å². The van der Waals surface area contributed by atoms with Gasteiger partial charge in [-0.15, -0.1) is 0 Å². The molecule has 154 valence electrons. The lowest BCUT2D eigenvalue weighted by Crippen LogP contribution is -2.14. The lowest BCUT2D eigenvalue weighted by molar-refractivity contribution is 0.0696. The normalized spacial score (nSPS) is 10.6. The zero-order valence-corrected chi connectivity index (χ0v) is 17.3. The number of anilines is 1. The van der Waals surface area contributed by atoms with Crippen molar-refractivity contribution in [3.8, 4) is 16.9 Å². The molecule has 0 spiro atoms. The fourth-order valence-electron chi connectivity index (χ4n) is 3.30. The van der Waals surface area contributed by atoms with Gasteiger partial charge in [0.15, 0.2) is 5.69 Å². The fourth-order valence-corrected chi connectivity index (χ4v) is 3.43. The van der Waals surface area contributed by atoms with Crippen molar-refractivity contribution in [2.24, 2.45) is 0 Å². The molecule has 1 amide bonds. The maximum Gasteiger partial charge on any atom is 0.335 e. The predicted octanol–water partition coefficient (Wildman–Crippen LogP) is 5.45. The third-order valence-corrected chi connectivity index (χ3v) is 5.10. The van der Waals surface area contributed by atoms with Gasteiger partial charge < -0.3 is 10.4 Å². The summed E-state index contributed by atoms with van der Waals surface area (Å²) in [5.41, 5.74) is 4.12. The Morgan fingerprint density at radius 3 is 2.19 bits per heavy atom. The van der Waals surface area contributed by atoms with Crippen molar-refractivity contribution in [2.45, 2.75) is 6.92 Å². The third kappa shape index (κ3) is 4.20. The molecule has 1 heterocycles. The smallest absolute Gasteiger partial charge is 0.335 e. The zero-order valence-electron chi connectivity index (χ0n) is 16.5. The Bertz CT molecular complexity index is 1250. The van der Waals surface area contributed by atoms with Crippen LogP contribution in [-0.2, 0) is 0 Å². The highest BCUT2D eigenvalue weighted by atomic mass is 35.5. The molecule has 4 rings (SSSR count). The van der Waals surface area contributed by atoms with Gasteiger partial charge in [-0.3, -0.25) is 4.79 Å². The van der Waals surface area contributed by atoms with Gasteiger partial charge in [0.05, 0.1) is 16.9 Å². The molecule has 0 fully saturated rings. The zero-order chi connectivity index (χ0) is 22.0. The van der Waals surface area contributed by atoms with E-state index in [0.717, 1.165) is 22.5 Å². The van der Waals surface area contributed by atoms with Gasteiger partial charge in [0.2, 0.25) is 0 Å². The van der Waals surface area contributed by atoms with Crippen LogP contribution in [-0.4, -0.2) is 26.8 Å². The highest BCUT2D eigenvalue weighted by molar-refractivity contribution is 6.30. The number of hydrogen-bond donors (Lipinski definition) is 2. The van der Waals surface area contributed by atoms with Gasteiger partial charge in [0, 0.05) is 21.8 Å². The van der Waals surface area contributed by atoms with E-state index >= 15 is 0 Å². The summed E-state index contributed by atoms with van der Waals surface area (Å²) in [6.45, 7) is 1.85. The molecule has 0 radical (unpaired) electrons. The molecule has 0 saturated carbocycles. The van der Waals surface area contributed by atoms with Crippen molar-refractivity contribution in [1.82, 2.24) is 9.78 Å². The average Bonchev–Trinajstić information content (AvgIpc) is 3.12. The van der Waals surface area contributed by atoms with Crippen molar-refractivity contribution in [3.63, 3.8) is 0 Å². The van der Waals surface area contributed by atoms with Gasteiger partial charge in [-0.1, -0.05) is 41.9 Å². The minimum Gasteiger partial charge on any atom is -0.478 e. The molecule has 7 heteroatoms. The molecule has 0 aliphatic carbocycles. The van der Waals surface area contributed by atoms with Crippen LogP contribution in [0.1, 0.15) is 26.4 Å². The number of hydrogen-bond acceptors (Lipinski definition) is 3. The largest absolute Gasteiger partial charge is 0.478 e. The van der Waals surface area contributed by atoms with Crippen LogP contribution in [0.4, 0.5) is 5.69 Å². The molecular formula is C24H18ClN3O3. The first-order valence-electron chi connectivity index (χ1n) is 9.50. The van der Waals surface area contributed by atoms with E-state index in [4.69, 9.17) is 16.7 Å². The van der Waals surface area contributed by atoms with E-state index in [1.54, 1.807) is 28.9 Å². The van der Waals surface area contributed by atoms with Crippen molar-refractivity contribution < 1.29 is 14.7 Å². The van der Waals surface area contributed by atoms with Crippen LogP contribution in [0.2, 0.25) is 5.02 Å². The summed E-state index contributed by atoms with van der Waals surface area (Å²) in [5.74, 6) is -1.41. The second kappa shape index (κ2) is 8.45. The molecule has 31 heavy (non-hydrogen) atoms. The van der Waals surface area contributed by atoms with E-state index in [0.29, 0.717) is 10.7 Å². The molecule has 0 unspecified atom stereocenters. The summed E-state index contributed by atoms with van der Waals surface area (Å²) in [6, 6.07) is 22.9. The van der Waals surface area contributed by atoms with Crippen LogP contribution in [0.3, 0.4) is 0 Å². The number of nitrogens with zero attached hydrogens (tertiary/aromatic N) is 2. The number of carbonyl (C=O) groups excluding carboxylic acids is 1. The third-order valence-electron chi connectivity index (χ3n) is 4.85. The number of benzene rings is 3. The van der Waals surface area contributed by atoms with E-state index < -0.39 is 5.97 Å². The molecule has 0 aliphatic heterocycles. The summed E-state index contributed by atoms with van der Waals surface area (Å²) in [4.78, 5) is 24.0. The molecule has 3 aromatic carbocycles. The topological polar surface area (TPSA) is 84.2 Å². The van der Waals surface area contributed by atoms with Gasteiger partial charge >= 0.3 is 5.97 Å². The van der Waals surface area contributed by atoms with E-state index in [-0.39, 0.29) is 17.2 Å². The fraction of sp³-hybridized carbons (Fsp3) is 0.0417. The van der Waals surface area contributed by atoms with Crippen LogP contribution in [0.25, 0.3) is 16.9 Å². The number of amides is 1. The number of carbonyl (C=O) groups is 2. The van der Waals surface area contributed by atoms with Crippen LogP contribution in [0.15, 0.2) is 78.9 Å². The maximum atomic E-state index is 13.0. The Kier molecular flexibility index (Phi) is 5.56. The number of carboxylic acids is 1. The van der Waals surface area contributed by atoms with Gasteiger partial charge in [0.1, 0.15) is 0 Å². The molecule has 0 aliphatic rings. The van der Waals surface area contributed by atoms with Gasteiger partial charge in [-0.25, -0.2) is 9.48 Å². The second-order valence-corrected chi connectivity index (χ2v) is 7.35. The monoisotopic (exact) mass is 431 g/mol. The minimum absolute atomic E-state index is 0.146. The first-order chi connectivity index (χ1) is 14.9. The SMILES string of the molecule is Cc1c(C(=O)Nc2ccc(C(=O)O)cc2)nn(-c2ccc(Cl)cc2)c1-c1ccccc1. The Hall–Kier alpha value is -3.90. The predicted molar refractivity (Wildman–Crippen MR) is 120 cm³/mol. The number of aromatic nitrogens is 2. The molecule has 0 saturated heterocycles. The van der Waals surface area contributed by atoms with Crippen LogP contribution in [0.5, 0.6) is 0 Å². The van der Waals surface area contributed by atoms with Crippen LogP contribution in [0, 0.1) is 6.92 Å². The summed E-state index contributed by atoms with van der Waals surface area (Å²) < 4.78 is 1.73. The molecule has 6 nitrogen and oxygen atoms in total. The Morgan fingerprint density at radius 1 is 0.935 bits per heavy atom. The van der Waals surface area contributed by atoms with Crippen molar-refractivity contribution in [2.75, 3.05) is 5.32 Å². The number of rotatable bonds is 5. The Balaban J connectivity index is 1.75. The van der Waals surface area contributed by atoms with Crippen molar-refractivity contribution in [1.29, 1.82) is 0 Å². The molecule has 4 aromatic rings. The summed E-state index contributed by atoms with van der Waals surface area (Å²) >= 11 is 6.03. The second-order valence-electron chi connectivity index (χ2n) is 6.91. The number of carboxylic acid groups (broad SMARTS) is 1. The highest BCUT2D eigenvalue weighted by Gasteiger charge is 2.22. The lowest BCUT2D eigenvalue weighted by atomic mass is 10.1. The summed E-state index contributed by atoms with van der Waals surface area (Å²) in [5, 5.41) is 17.0. The van der Waals surface area contributed by atoms with E-state index in [2.05, 4.69) is 10.4 Å². The number of nitrogens with one attached hydrogen (secondary N) is 1. The molecule has 2 N–H and O–H groups in total. The van der Waals surface area contributed by atoms with Gasteiger partial charge in [-0.2, -0.15) is 5.10 Å². The van der Waals surface area contributed by atoms with E-state index in [1.807, 2.05) is 49.4 Å². The number of aromatic carboxylic acids is 1. The molecule has 0 bridgehead atoms. The van der Waals surface area contributed by atoms with Gasteiger partial charge in [0.25, 0.3) is 5.91 Å². The maximum absolute atomic E-state index is 13.0. The molecule has 0 atom stereocenters. The summed E-state index contributed by atoms with van der Waals surface area (Å²) in [6.07, 6.45) is 0. The quantitative estimate of drug-likeness (QED) is 0.440. The first kappa shape index (κ1) is 20.4. The van der Waals surface area contributed by atoms with E-state index in [1.165, 1.54) is 12.1 Å². The van der Waals surface area contributed by atoms with Crippen molar-refractivity contribution in [3.05, 3.63) is 101 Å². The Morgan fingerprint density at radius 2 is 1.58 bits per heavy atom. The lowest BCUT2D eigenvalue weighted by Gasteiger charge is -2.08. The number of halogens is 1. The first-order valence-corrected chi connectivity index (χ1v) is 9.87. The Labute approximate surface area is 183 Å². The standard InChI is InChI=1S/C24H18ClN3O3/c1-15-21(23(29)26-19-11-7-17(8-12-19)24(30)31)27-28(20-13-9-18(25)10-14-20)22(15)16-5-3-2-4-6-16/h2-14H,1H3,(H,26,29)(H,30,31). The molecule has 1 aromatic heterocycles. The van der Waals surface area contributed by atoms with Crippen LogP contribution < -0.4 is 5.32 Å². The molecular weight excluding hydrogens is 414 g/mol. The minimum atomic E-state index is -1.03. The van der Waals surface area contributed by atoms with Crippen LogP contribution >= 0.6 is 11.6 Å². The van der Waals surface area contributed by atoms with E-state index in [9.17, 15) is 9.59 Å². The summed E-state index contributed by atoms with van der Waals surface area (Å²) in [7, 11) is 0.